The Balaban J connectivity index is 0.000000389. The van der Waals surface area contributed by atoms with E-state index in [1.54, 1.807) is 0 Å². The number of hydrogen-bond acceptors (Lipinski definition) is 2. The lowest BCUT2D eigenvalue weighted by atomic mass is 10.1. The SMILES string of the molecule is C#Cc1ccc(N(CCCC)CCCC)cc1.CCCCN(CCCC)c1ccc(C#CC[SiH](C)C)cc1. The van der Waals surface area contributed by atoms with Gasteiger partial charge in [-0.1, -0.05) is 78.3 Å². The van der Waals surface area contributed by atoms with E-state index < -0.39 is 8.80 Å². The molecule has 0 atom stereocenters. The van der Waals surface area contributed by atoms with E-state index in [0.29, 0.717) is 0 Å². The van der Waals surface area contributed by atoms with Gasteiger partial charge in [0.25, 0.3) is 0 Å². The van der Waals surface area contributed by atoms with Crippen LogP contribution in [-0.2, 0) is 0 Å². The van der Waals surface area contributed by atoms with Crippen LogP contribution in [0.5, 0.6) is 0 Å². The van der Waals surface area contributed by atoms with Crippen molar-refractivity contribution in [1.82, 2.24) is 0 Å². The fraction of sp³-hybridized carbons (Fsp3) is 0.543. The minimum atomic E-state index is -0.546. The van der Waals surface area contributed by atoms with Crippen LogP contribution in [-0.4, -0.2) is 35.0 Å². The average Bonchev–Trinajstić information content (AvgIpc) is 2.94. The number of terminal acetylenes is 1. The van der Waals surface area contributed by atoms with Crippen LogP contribution in [0.25, 0.3) is 0 Å². The summed E-state index contributed by atoms with van der Waals surface area (Å²) in [4.78, 5) is 4.98. The van der Waals surface area contributed by atoms with Gasteiger partial charge in [0.15, 0.2) is 0 Å². The third-order valence-corrected chi connectivity index (χ3v) is 7.52. The summed E-state index contributed by atoms with van der Waals surface area (Å²) >= 11 is 0. The second-order valence-corrected chi connectivity index (χ2v) is 13.7. The van der Waals surface area contributed by atoms with Crippen molar-refractivity contribution in [3.05, 3.63) is 59.7 Å². The summed E-state index contributed by atoms with van der Waals surface area (Å²) in [5.74, 6) is 9.27. The Labute approximate surface area is 237 Å². The smallest absolute Gasteiger partial charge is 0.0443 e. The van der Waals surface area contributed by atoms with Crippen LogP contribution >= 0.6 is 0 Å². The van der Waals surface area contributed by atoms with Gasteiger partial charge < -0.3 is 9.80 Å². The van der Waals surface area contributed by atoms with E-state index >= 15 is 0 Å². The van der Waals surface area contributed by atoms with Crippen LogP contribution in [0, 0.1) is 24.2 Å². The van der Waals surface area contributed by atoms with Crippen molar-refractivity contribution in [3.63, 3.8) is 0 Å². The highest BCUT2D eigenvalue weighted by Gasteiger charge is 2.06. The topological polar surface area (TPSA) is 6.48 Å². The fourth-order valence-corrected chi connectivity index (χ4v) is 4.53. The van der Waals surface area contributed by atoms with E-state index in [1.807, 2.05) is 12.1 Å². The maximum atomic E-state index is 5.37. The number of rotatable bonds is 15. The first kappa shape index (κ1) is 33.4. The third kappa shape index (κ3) is 14.4. The van der Waals surface area contributed by atoms with Crippen LogP contribution in [0.1, 0.15) is 90.2 Å². The average molecular weight is 531 g/mol. The zero-order valence-corrected chi connectivity index (χ0v) is 26.5. The molecule has 0 saturated heterocycles. The maximum absolute atomic E-state index is 5.37. The lowest BCUT2D eigenvalue weighted by molar-refractivity contribution is 0.678. The Morgan fingerprint density at radius 3 is 1.29 bits per heavy atom. The van der Waals surface area contributed by atoms with Crippen molar-refractivity contribution in [2.75, 3.05) is 36.0 Å². The standard InChI is InChI=1S/C19H31NSi.C16H23N/c1-5-7-15-20(16-8-6-2)19-13-11-18(12-14-19)10-9-17-21(3)4;1-4-7-13-17(14-8-5-2)16-11-9-15(6-3)10-12-16/h11-14,21H,5-8,15-17H2,1-4H3;3,9-12H,4-5,7-8,13-14H2,1-2H3. The van der Waals surface area contributed by atoms with Crippen molar-refractivity contribution in [1.29, 1.82) is 0 Å². The number of hydrogen-bond donors (Lipinski definition) is 0. The lowest BCUT2D eigenvalue weighted by Crippen LogP contribution is -2.25. The molecule has 0 fully saturated rings. The Kier molecular flexibility index (Phi) is 18.7. The molecule has 0 heterocycles. The van der Waals surface area contributed by atoms with Gasteiger partial charge in [-0.05, 0) is 74.2 Å². The fourth-order valence-electron chi connectivity index (χ4n) is 4.02. The zero-order valence-electron chi connectivity index (χ0n) is 25.4. The first-order chi connectivity index (χ1) is 18.5. The minimum Gasteiger partial charge on any atom is -0.372 e. The molecule has 3 heteroatoms. The van der Waals surface area contributed by atoms with E-state index in [9.17, 15) is 0 Å². The molecule has 0 radical (unpaired) electrons. The molecule has 0 aromatic heterocycles. The zero-order chi connectivity index (χ0) is 28.0. The van der Waals surface area contributed by atoms with Crippen molar-refractivity contribution in [3.8, 4) is 24.2 Å². The van der Waals surface area contributed by atoms with Gasteiger partial charge in [0.1, 0.15) is 0 Å². The summed E-state index contributed by atoms with van der Waals surface area (Å²) in [7, 11) is -0.546. The van der Waals surface area contributed by atoms with Crippen LogP contribution in [0.4, 0.5) is 11.4 Å². The summed E-state index contributed by atoms with van der Waals surface area (Å²) in [6, 6.07) is 18.3. The van der Waals surface area contributed by atoms with Gasteiger partial charge in [0.05, 0.1) is 0 Å². The Morgan fingerprint density at radius 1 is 0.605 bits per heavy atom. The van der Waals surface area contributed by atoms with E-state index in [4.69, 9.17) is 6.42 Å². The molecule has 2 aromatic rings. The number of anilines is 2. The molecule has 2 aromatic carbocycles. The van der Waals surface area contributed by atoms with Crippen molar-refractivity contribution >= 4 is 20.2 Å². The molecule has 0 saturated carbocycles. The largest absolute Gasteiger partial charge is 0.372 e. The van der Waals surface area contributed by atoms with E-state index in [2.05, 4.69) is 105 Å². The monoisotopic (exact) mass is 530 g/mol. The quantitative estimate of drug-likeness (QED) is 0.167. The minimum absolute atomic E-state index is 0.546. The molecule has 2 rings (SSSR count). The first-order valence-corrected chi connectivity index (χ1v) is 18.3. The van der Waals surface area contributed by atoms with Gasteiger partial charge in [0.2, 0.25) is 0 Å². The van der Waals surface area contributed by atoms with E-state index in [0.717, 1.165) is 30.3 Å². The van der Waals surface area contributed by atoms with Crippen LogP contribution < -0.4 is 9.80 Å². The van der Waals surface area contributed by atoms with Crippen LogP contribution in [0.3, 0.4) is 0 Å². The molecular formula is C35H54N2Si. The highest BCUT2D eigenvalue weighted by molar-refractivity contribution is 6.56. The summed E-state index contributed by atoms with van der Waals surface area (Å²) < 4.78 is 0. The molecular weight excluding hydrogens is 476 g/mol. The normalized spacial score (nSPS) is 10.2. The number of benzene rings is 2. The maximum Gasteiger partial charge on any atom is 0.0443 e. The van der Waals surface area contributed by atoms with Gasteiger partial charge in [0, 0.05) is 63.5 Å². The second kappa shape index (κ2) is 21.3. The van der Waals surface area contributed by atoms with Crippen molar-refractivity contribution < 1.29 is 0 Å². The van der Waals surface area contributed by atoms with Gasteiger partial charge in [-0.15, -0.1) is 12.3 Å². The Bertz CT molecular complexity index is 929. The summed E-state index contributed by atoms with van der Waals surface area (Å²) in [5.41, 5.74) is 4.76. The Morgan fingerprint density at radius 2 is 0.974 bits per heavy atom. The molecule has 0 bridgehead atoms. The molecule has 2 nitrogen and oxygen atoms in total. The molecule has 0 spiro atoms. The highest BCUT2D eigenvalue weighted by Crippen LogP contribution is 2.18. The number of nitrogens with zero attached hydrogens (tertiary/aromatic N) is 2. The molecule has 0 N–H and O–H groups in total. The predicted molar refractivity (Wildman–Crippen MR) is 175 cm³/mol. The van der Waals surface area contributed by atoms with E-state index in [-0.39, 0.29) is 0 Å². The second-order valence-electron chi connectivity index (χ2n) is 10.5. The summed E-state index contributed by atoms with van der Waals surface area (Å²) in [5, 5.41) is 0. The molecule has 38 heavy (non-hydrogen) atoms. The van der Waals surface area contributed by atoms with Crippen molar-refractivity contribution in [2.45, 2.75) is 98.2 Å². The van der Waals surface area contributed by atoms with Crippen molar-refractivity contribution in [2.24, 2.45) is 0 Å². The molecule has 0 unspecified atom stereocenters. The molecule has 0 amide bonds. The lowest BCUT2D eigenvalue weighted by Gasteiger charge is -2.24. The van der Waals surface area contributed by atoms with Gasteiger partial charge >= 0.3 is 0 Å². The Hall–Kier alpha value is -2.62. The van der Waals surface area contributed by atoms with E-state index in [1.165, 1.54) is 75.8 Å². The summed E-state index contributed by atoms with van der Waals surface area (Å²) in [6.07, 6.45) is 15.4. The van der Waals surface area contributed by atoms with Crippen LogP contribution in [0.15, 0.2) is 48.5 Å². The molecule has 208 valence electrons. The molecule has 0 aliphatic rings. The van der Waals surface area contributed by atoms with Gasteiger partial charge in [-0.3, -0.25) is 0 Å². The van der Waals surface area contributed by atoms with Gasteiger partial charge in [-0.25, -0.2) is 0 Å². The van der Waals surface area contributed by atoms with Gasteiger partial charge in [-0.2, -0.15) is 0 Å². The highest BCUT2D eigenvalue weighted by atomic mass is 28.3. The summed E-state index contributed by atoms with van der Waals surface area (Å²) in [6.45, 7) is 18.3. The number of unbranched alkanes of at least 4 members (excludes halogenated alkanes) is 4. The predicted octanol–water partition coefficient (Wildman–Crippen LogP) is 9.01. The molecule has 0 aliphatic heterocycles. The van der Waals surface area contributed by atoms with Crippen LogP contribution in [0.2, 0.25) is 19.1 Å². The first-order valence-electron chi connectivity index (χ1n) is 15.1. The molecule has 0 aliphatic carbocycles. The third-order valence-electron chi connectivity index (χ3n) is 6.50.